The fraction of sp³-hybridized carbons (Fsp3) is 1.00. The molecular formula is C12H23NO3. The van der Waals surface area contributed by atoms with Crippen molar-refractivity contribution in [1.82, 2.24) is 5.32 Å². The smallest absolute Gasteiger partial charge is 0.0948 e. The van der Waals surface area contributed by atoms with Gasteiger partial charge in [0.05, 0.1) is 31.5 Å². The van der Waals surface area contributed by atoms with Gasteiger partial charge in [-0.25, -0.2) is 0 Å². The average molecular weight is 229 g/mol. The van der Waals surface area contributed by atoms with Crippen LogP contribution < -0.4 is 5.32 Å². The van der Waals surface area contributed by atoms with Gasteiger partial charge in [0.25, 0.3) is 0 Å². The molecule has 2 rings (SSSR count). The Kier molecular flexibility index (Phi) is 3.54. The van der Waals surface area contributed by atoms with Gasteiger partial charge in [-0.15, -0.1) is 0 Å². The van der Waals surface area contributed by atoms with Gasteiger partial charge in [-0.1, -0.05) is 13.8 Å². The SMILES string of the molecule is CCOC1CC(NC2COCC2O)C1(C)C. The third-order valence-electron chi connectivity index (χ3n) is 4.01. The van der Waals surface area contributed by atoms with Crippen molar-refractivity contribution in [1.29, 1.82) is 0 Å². The van der Waals surface area contributed by atoms with Gasteiger partial charge in [0.1, 0.15) is 0 Å². The second-order valence-electron chi connectivity index (χ2n) is 5.43. The van der Waals surface area contributed by atoms with Gasteiger partial charge in [-0.05, 0) is 13.3 Å². The number of aliphatic hydroxyl groups is 1. The zero-order valence-electron chi connectivity index (χ0n) is 10.4. The highest BCUT2D eigenvalue weighted by atomic mass is 16.5. The van der Waals surface area contributed by atoms with Crippen LogP contribution in [-0.4, -0.2) is 49.2 Å². The summed E-state index contributed by atoms with van der Waals surface area (Å²) in [5, 5.41) is 13.2. The van der Waals surface area contributed by atoms with E-state index in [0.29, 0.717) is 25.4 Å². The molecule has 0 aromatic carbocycles. The number of ether oxygens (including phenoxy) is 2. The Morgan fingerprint density at radius 2 is 2.19 bits per heavy atom. The lowest BCUT2D eigenvalue weighted by molar-refractivity contribution is -0.118. The van der Waals surface area contributed by atoms with E-state index in [1.54, 1.807) is 0 Å². The number of rotatable bonds is 4. The molecule has 0 aromatic rings. The average Bonchev–Trinajstić information content (AvgIpc) is 2.63. The van der Waals surface area contributed by atoms with E-state index in [1.807, 2.05) is 6.92 Å². The molecule has 1 saturated carbocycles. The summed E-state index contributed by atoms with van der Waals surface area (Å²) in [6, 6.07) is 0.511. The Morgan fingerprint density at radius 1 is 1.44 bits per heavy atom. The Bertz CT molecular complexity index is 244. The molecular weight excluding hydrogens is 206 g/mol. The largest absolute Gasteiger partial charge is 0.389 e. The number of aliphatic hydroxyl groups excluding tert-OH is 1. The van der Waals surface area contributed by atoms with Crippen molar-refractivity contribution >= 4 is 0 Å². The Labute approximate surface area is 97.3 Å². The van der Waals surface area contributed by atoms with E-state index in [4.69, 9.17) is 9.47 Å². The highest BCUT2D eigenvalue weighted by molar-refractivity contribution is 5.04. The van der Waals surface area contributed by atoms with Crippen LogP contribution in [0.25, 0.3) is 0 Å². The van der Waals surface area contributed by atoms with E-state index in [2.05, 4.69) is 19.2 Å². The van der Waals surface area contributed by atoms with Crippen LogP contribution in [0, 0.1) is 5.41 Å². The first-order valence-corrected chi connectivity index (χ1v) is 6.19. The molecule has 0 aromatic heterocycles. The summed E-state index contributed by atoms with van der Waals surface area (Å²) in [4.78, 5) is 0. The second-order valence-corrected chi connectivity index (χ2v) is 5.43. The van der Waals surface area contributed by atoms with E-state index in [0.717, 1.165) is 13.0 Å². The molecule has 1 saturated heterocycles. The van der Waals surface area contributed by atoms with E-state index in [9.17, 15) is 5.11 Å². The van der Waals surface area contributed by atoms with Gasteiger partial charge < -0.3 is 19.9 Å². The predicted molar refractivity (Wildman–Crippen MR) is 61.3 cm³/mol. The van der Waals surface area contributed by atoms with Crippen LogP contribution in [0.15, 0.2) is 0 Å². The van der Waals surface area contributed by atoms with Gasteiger partial charge in [-0.3, -0.25) is 0 Å². The molecule has 1 aliphatic carbocycles. The summed E-state index contributed by atoms with van der Waals surface area (Å²) in [6.07, 6.45) is 1.01. The summed E-state index contributed by atoms with van der Waals surface area (Å²) < 4.78 is 10.9. The molecule has 0 bridgehead atoms. The fourth-order valence-corrected chi connectivity index (χ4v) is 2.61. The maximum Gasteiger partial charge on any atom is 0.0948 e. The number of hydrogen-bond acceptors (Lipinski definition) is 4. The van der Waals surface area contributed by atoms with Crippen LogP contribution in [0.2, 0.25) is 0 Å². The van der Waals surface area contributed by atoms with Crippen LogP contribution in [0.1, 0.15) is 27.2 Å². The Hall–Kier alpha value is -0.160. The summed E-state index contributed by atoms with van der Waals surface area (Å²) in [7, 11) is 0. The first-order valence-electron chi connectivity index (χ1n) is 6.19. The van der Waals surface area contributed by atoms with Crippen LogP contribution >= 0.6 is 0 Å². The molecule has 0 spiro atoms. The minimum Gasteiger partial charge on any atom is -0.389 e. The molecule has 2 fully saturated rings. The molecule has 16 heavy (non-hydrogen) atoms. The molecule has 0 radical (unpaired) electrons. The molecule has 2 aliphatic rings. The van der Waals surface area contributed by atoms with E-state index in [-0.39, 0.29) is 17.6 Å². The van der Waals surface area contributed by atoms with Crippen molar-refractivity contribution in [3.05, 3.63) is 0 Å². The fourth-order valence-electron chi connectivity index (χ4n) is 2.61. The van der Waals surface area contributed by atoms with E-state index >= 15 is 0 Å². The maximum absolute atomic E-state index is 9.68. The van der Waals surface area contributed by atoms with Crippen LogP contribution in [0.3, 0.4) is 0 Å². The lowest BCUT2D eigenvalue weighted by Gasteiger charge is -2.52. The van der Waals surface area contributed by atoms with Gasteiger partial charge in [-0.2, -0.15) is 0 Å². The van der Waals surface area contributed by atoms with Crippen LogP contribution in [0.5, 0.6) is 0 Å². The van der Waals surface area contributed by atoms with Crippen molar-refractivity contribution in [3.63, 3.8) is 0 Å². The Morgan fingerprint density at radius 3 is 2.69 bits per heavy atom. The first kappa shape index (κ1) is 12.3. The highest BCUT2D eigenvalue weighted by Gasteiger charge is 2.50. The third kappa shape index (κ3) is 2.12. The third-order valence-corrected chi connectivity index (χ3v) is 4.01. The first-order chi connectivity index (χ1) is 7.55. The summed E-state index contributed by atoms with van der Waals surface area (Å²) in [5.74, 6) is 0. The quantitative estimate of drug-likeness (QED) is 0.739. The molecule has 4 nitrogen and oxygen atoms in total. The molecule has 94 valence electrons. The van der Waals surface area contributed by atoms with Gasteiger partial charge in [0.15, 0.2) is 0 Å². The maximum atomic E-state index is 9.68. The zero-order chi connectivity index (χ0) is 11.8. The monoisotopic (exact) mass is 229 g/mol. The normalized spacial score (nSPS) is 42.0. The van der Waals surface area contributed by atoms with Gasteiger partial charge in [0, 0.05) is 18.1 Å². The minimum absolute atomic E-state index is 0.0897. The summed E-state index contributed by atoms with van der Waals surface area (Å²) in [5.41, 5.74) is 0.151. The van der Waals surface area contributed by atoms with Crippen LogP contribution in [-0.2, 0) is 9.47 Å². The molecule has 2 N–H and O–H groups in total. The zero-order valence-corrected chi connectivity index (χ0v) is 10.4. The standard InChI is InChI=1S/C12H23NO3/c1-4-16-11-5-10(12(11,2)3)13-8-6-15-7-9(8)14/h8-11,13-14H,4-7H2,1-3H3. The summed E-state index contributed by atoms with van der Waals surface area (Å²) in [6.45, 7) is 8.32. The number of nitrogens with one attached hydrogen (secondary N) is 1. The lowest BCUT2D eigenvalue weighted by Crippen LogP contribution is -2.64. The van der Waals surface area contributed by atoms with Gasteiger partial charge >= 0.3 is 0 Å². The number of hydrogen-bond donors (Lipinski definition) is 2. The van der Waals surface area contributed by atoms with E-state index < -0.39 is 0 Å². The summed E-state index contributed by atoms with van der Waals surface area (Å²) >= 11 is 0. The van der Waals surface area contributed by atoms with Crippen molar-refractivity contribution in [2.45, 2.75) is 51.5 Å². The van der Waals surface area contributed by atoms with Crippen LogP contribution in [0.4, 0.5) is 0 Å². The Balaban J connectivity index is 1.84. The molecule has 4 heteroatoms. The lowest BCUT2D eigenvalue weighted by atomic mass is 9.64. The topological polar surface area (TPSA) is 50.7 Å². The molecule has 1 heterocycles. The minimum atomic E-state index is -0.359. The van der Waals surface area contributed by atoms with Crippen molar-refractivity contribution in [3.8, 4) is 0 Å². The molecule has 4 unspecified atom stereocenters. The molecule has 0 amide bonds. The molecule has 1 aliphatic heterocycles. The molecule has 4 atom stereocenters. The predicted octanol–water partition coefficient (Wildman–Crippen LogP) is 0.539. The van der Waals surface area contributed by atoms with Gasteiger partial charge in [0.2, 0.25) is 0 Å². The highest BCUT2D eigenvalue weighted by Crippen LogP contribution is 2.43. The van der Waals surface area contributed by atoms with Crippen molar-refractivity contribution in [2.75, 3.05) is 19.8 Å². The second kappa shape index (κ2) is 4.61. The van der Waals surface area contributed by atoms with Crippen molar-refractivity contribution < 1.29 is 14.6 Å². The van der Waals surface area contributed by atoms with E-state index in [1.165, 1.54) is 0 Å². The van der Waals surface area contributed by atoms with Crippen molar-refractivity contribution in [2.24, 2.45) is 5.41 Å².